The Morgan fingerprint density at radius 3 is 2.72 bits per heavy atom. The molecule has 1 aromatic carbocycles. The van der Waals surface area contributed by atoms with Crippen molar-refractivity contribution in [3.63, 3.8) is 0 Å². The molecule has 1 aromatic rings. The molecule has 0 bridgehead atoms. The topological polar surface area (TPSA) is 53.6 Å². The number of nitrogens with zero attached hydrogens (tertiary/aromatic N) is 2. The van der Waals surface area contributed by atoms with Gasteiger partial charge in [0.1, 0.15) is 5.82 Å². The molecule has 5 heteroatoms. The number of rotatable bonds is 4. The van der Waals surface area contributed by atoms with Crippen molar-refractivity contribution in [2.45, 2.75) is 44.9 Å². The standard InChI is InChI=1S/C20H31FN4/c21-18-8-5-9-19(13-18)24-20(25-10-2-1-3-11-25)23-15-17-7-4-6-16(12-17)14-22/h5,8-9,13,16-17H,1-4,6-7,10-12,14-15,22H2,(H,23,24). The van der Waals surface area contributed by atoms with E-state index in [0.29, 0.717) is 11.8 Å². The number of hydrogen-bond acceptors (Lipinski definition) is 2. The number of nitrogens with one attached hydrogen (secondary N) is 1. The van der Waals surface area contributed by atoms with E-state index in [1.807, 2.05) is 6.07 Å². The van der Waals surface area contributed by atoms with Crippen LogP contribution < -0.4 is 11.1 Å². The average Bonchev–Trinajstić information content (AvgIpc) is 2.66. The molecule has 2 atom stereocenters. The minimum absolute atomic E-state index is 0.221. The first-order valence-corrected chi connectivity index (χ1v) is 9.76. The zero-order valence-corrected chi connectivity index (χ0v) is 15.1. The Hall–Kier alpha value is -1.62. The van der Waals surface area contributed by atoms with E-state index in [4.69, 9.17) is 10.7 Å². The van der Waals surface area contributed by atoms with Gasteiger partial charge in [0.25, 0.3) is 0 Å². The molecule has 1 heterocycles. The van der Waals surface area contributed by atoms with Crippen LogP contribution in [0.5, 0.6) is 0 Å². The number of piperidine rings is 1. The fourth-order valence-electron chi connectivity index (χ4n) is 4.02. The third-order valence-electron chi connectivity index (χ3n) is 5.46. The minimum Gasteiger partial charge on any atom is -0.343 e. The Bertz CT molecular complexity index is 569. The summed E-state index contributed by atoms with van der Waals surface area (Å²) in [5, 5.41) is 3.37. The number of likely N-dealkylation sites (tertiary alicyclic amines) is 1. The molecule has 25 heavy (non-hydrogen) atoms. The predicted octanol–water partition coefficient (Wildman–Crippen LogP) is 3.84. The van der Waals surface area contributed by atoms with Crippen molar-refractivity contribution in [3.05, 3.63) is 30.1 Å². The van der Waals surface area contributed by atoms with Gasteiger partial charge in [-0.05, 0) is 75.1 Å². The number of hydrogen-bond donors (Lipinski definition) is 2. The number of nitrogens with two attached hydrogens (primary N) is 1. The molecule has 3 N–H and O–H groups in total. The van der Waals surface area contributed by atoms with Gasteiger partial charge in [-0.2, -0.15) is 0 Å². The van der Waals surface area contributed by atoms with Crippen molar-refractivity contribution in [2.75, 3.05) is 31.5 Å². The molecule has 1 saturated heterocycles. The molecule has 138 valence electrons. The molecule has 1 saturated carbocycles. The highest BCUT2D eigenvalue weighted by molar-refractivity contribution is 5.93. The summed E-state index contributed by atoms with van der Waals surface area (Å²) in [6.45, 7) is 3.68. The highest BCUT2D eigenvalue weighted by atomic mass is 19.1. The third kappa shape index (κ3) is 5.43. The van der Waals surface area contributed by atoms with Crippen LogP contribution in [0.2, 0.25) is 0 Å². The molecule has 1 aliphatic carbocycles. The SMILES string of the molecule is NCC1CCCC(CN=C(Nc2cccc(F)c2)N2CCCCC2)C1. The summed E-state index contributed by atoms with van der Waals surface area (Å²) in [5.41, 5.74) is 6.63. The quantitative estimate of drug-likeness (QED) is 0.643. The molecule has 0 radical (unpaired) electrons. The Morgan fingerprint density at radius 2 is 1.96 bits per heavy atom. The Labute approximate surface area is 150 Å². The molecular weight excluding hydrogens is 315 g/mol. The van der Waals surface area contributed by atoms with Gasteiger partial charge in [-0.15, -0.1) is 0 Å². The first kappa shape index (κ1) is 18.2. The van der Waals surface area contributed by atoms with Gasteiger partial charge in [-0.1, -0.05) is 12.5 Å². The summed E-state index contributed by atoms with van der Waals surface area (Å²) in [5.74, 6) is 1.96. The average molecular weight is 346 g/mol. The van der Waals surface area contributed by atoms with Gasteiger partial charge >= 0.3 is 0 Å². The molecule has 2 aliphatic rings. The number of aliphatic imine (C=N–C) groups is 1. The Balaban J connectivity index is 1.68. The molecule has 1 aliphatic heterocycles. The number of anilines is 1. The van der Waals surface area contributed by atoms with Crippen LogP contribution in [0, 0.1) is 17.7 Å². The van der Waals surface area contributed by atoms with Crippen LogP contribution in [0.15, 0.2) is 29.3 Å². The van der Waals surface area contributed by atoms with Gasteiger partial charge in [0.05, 0.1) is 0 Å². The molecule has 0 amide bonds. The van der Waals surface area contributed by atoms with E-state index in [1.165, 1.54) is 57.1 Å². The summed E-state index contributed by atoms with van der Waals surface area (Å²) in [7, 11) is 0. The molecule has 3 rings (SSSR count). The van der Waals surface area contributed by atoms with Crippen molar-refractivity contribution < 1.29 is 4.39 Å². The minimum atomic E-state index is -0.221. The molecular formula is C20H31FN4. The lowest BCUT2D eigenvalue weighted by Gasteiger charge is -2.31. The summed E-state index contributed by atoms with van der Waals surface area (Å²) in [6.07, 6.45) is 8.63. The van der Waals surface area contributed by atoms with Gasteiger partial charge in [0.2, 0.25) is 0 Å². The zero-order valence-electron chi connectivity index (χ0n) is 15.1. The summed E-state index contributed by atoms with van der Waals surface area (Å²) >= 11 is 0. The number of halogens is 1. The summed E-state index contributed by atoms with van der Waals surface area (Å²) in [4.78, 5) is 7.25. The van der Waals surface area contributed by atoms with Crippen molar-refractivity contribution in [1.82, 2.24) is 4.90 Å². The van der Waals surface area contributed by atoms with Gasteiger partial charge in [-0.25, -0.2) is 4.39 Å². The zero-order chi connectivity index (χ0) is 17.5. The van der Waals surface area contributed by atoms with Crippen molar-refractivity contribution >= 4 is 11.6 Å². The lowest BCUT2D eigenvalue weighted by Crippen LogP contribution is -2.40. The monoisotopic (exact) mass is 346 g/mol. The molecule has 4 nitrogen and oxygen atoms in total. The summed E-state index contributed by atoms with van der Waals surface area (Å²) < 4.78 is 13.5. The number of guanidine groups is 1. The third-order valence-corrected chi connectivity index (χ3v) is 5.46. The highest BCUT2D eigenvalue weighted by Gasteiger charge is 2.22. The fraction of sp³-hybridized carbons (Fsp3) is 0.650. The van der Waals surface area contributed by atoms with Crippen molar-refractivity contribution in [2.24, 2.45) is 22.6 Å². The van der Waals surface area contributed by atoms with Gasteiger partial charge in [-0.3, -0.25) is 4.99 Å². The van der Waals surface area contributed by atoms with E-state index < -0.39 is 0 Å². The molecule has 0 spiro atoms. The van der Waals surface area contributed by atoms with Crippen LogP contribution in [-0.2, 0) is 0 Å². The maximum Gasteiger partial charge on any atom is 0.198 e. The van der Waals surface area contributed by atoms with Gasteiger partial charge in [0.15, 0.2) is 5.96 Å². The van der Waals surface area contributed by atoms with Crippen LogP contribution in [-0.4, -0.2) is 37.0 Å². The van der Waals surface area contributed by atoms with Crippen LogP contribution in [0.1, 0.15) is 44.9 Å². The maximum absolute atomic E-state index is 13.5. The second-order valence-corrected chi connectivity index (χ2v) is 7.48. The normalized spacial score (nSPS) is 25.0. The van der Waals surface area contributed by atoms with E-state index in [-0.39, 0.29) is 5.82 Å². The smallest absolute Gasteiger partial charge is 0.198 e. The lowest BCUT2D eigenvalue weighted by molar-refractivity contribution is 0.276. The van der Waals surface area contributed by atoms with E-state index in [0.717, 1.165) is 37.8 Å². The van der Waals surface area contributed by atoms with Gasteiger partial charge in [0, 0.05) is 25.3 Å². The van der Waals surface area contributed by atoms with Crippen LogP contribution in [0.4, 0.5) is 10.1 Å². The molecule has 2 unspecified atom stereocenters. The second kappa shape index (κ2) is 9.18. The fourth-order valence-corrected chi connectivity index (χ4v) is 4.02. The Kier molecular flexibility index (Phi) is 6.68. The van der Waals surface area contributed by atoms with E-state index in [1.54, 1.807) is 6.07 Å². The largest absolute Gasteiger partial charge is 0.343 e. The van der Waals surface area contributed by atoms with Crippen molar-refractivity contribution in [1.29, 1.82) is 0 Å². The Morgan fingerprint density at radius 1 is 1.16 bits per heavy atom. The van der Waals surface area contributed by atoms with Crippen LogP contribution in [0.3, 0.4) is 0 Å². The van der Waals surface area contributed by atoms with Gasteiger partial charge < -0.3 is 16.0 Å². The van der Waals surface area contributed by atoms with E-state index >= 15 is 0 Å². The highest BCUT2D eigenvalue weighted by Crippen LogP contribution is 2.28. The van der Waals surface area contributed by atoms with E-state index in [9.17, 15) is 4.39 Å². The first-order chi connectivity index (χ1) is 12.2. The van der Waals surface area contributed by atoms with Crippen molar-refractivity contribution in [3.8, 4) is 0 Å². The second-order valence-electron chi connectivity index (χ2n) is 7.48. The molecule has 2 fully saturated rings. The summed E-state index contributed by atoms with van der Waals surface area (Å²) in [6, 6.07) is 6.63. The number of benzene rings is 1. The van der Waals surface area contributed by atoms with Crippen LogP contribution >= 0.6 is 0 Å². The maximum atomic E-state index is 13.5. The predicted molar refractivity (Wildman–Crippen MR) is 102 cm³/mol. The lowest BCUT2D eigenvalue weighted by atomic mass is 9.81. The van der Waals surface area contributed by atoms with E-state index in [2.05, 4.69) is 10.2 Å². The molecule has 0 aromatic heterocycles. The first-order valence-electron chi connectivity index (χ1n) is 9.76. The van der Waals surface area contributed by atoms with Crippen LogP contribution in [0.25, 0.3) is 0 Å².